The SMILES string of the molecule is CCOC(=O)CCNC(=O)C(c1ccc(O)c(C)c1)N(C(=O)C(CCSC)NC(=O)OC(C)(C)C)C(C)C. The molecule has 0 heterocycles. The Morgan fingerprint density at radius 1 is 1.16 bits per heavy atom. The van der Waals surface area contributed by atoms with Gasteiger partial charge in [-0.25, -0.2) is 4.79 Å². The third-order valence-corrected chi connectivity index (χ3v) is 6.05. The molecule has 1 rings (SSSR count). The number of ether oxygens (including phenoxy) is 2. The number of carbonyl (C=O) groups excluding carboxylic acids is 4. The summed E-state index contributed by atoms with van der Waals surface area (Å²) in [5, 5.41) is 15.5. The Bertz CT molecular complexity index is 962. The topological polar surface area (TPSA) is 134 Å². The second-order valence-electron chi connectivity index (χ2n) is 10.1. The Labute approximate surface area is 230 Å². The summed E-state index contributed by atoms with van der Waals surface area (Å²) >= 11 is 1.53. The van der Waals surface area contributed by atoms with Crippen LogP contribution in [0.2, 0.25) is 0 Å². The van der Waals surface area contributed by atoms with E-state index in [9.17, 15) is 24.3 Å². The van der Waals surface area contributed by atoms with E-state index in [2.05, 4.69) is 10.6 Å². The fraction of sp³-hybridized carbons (Fsp3) is 0.630. The molecule has 0 fully saturated rings. The Balaban J connectivity index is 3.40. The molecule has 1 aromatic carbocycles. The van der Waals surface area contributed by atoms with Gasteiger partial charge in [-0.15, -0.1) is 0 Å². The number of phenols is 1. The minimum Gasteiger partial charge on any atom is -0.508 e. The summed E-state index contributed by atoms with van der Waals surface area (Å²) in [6.07, 6.45) is 1.48. The average Bonchev–Trinajstić information content (AvgIpc) is 2.80. The van der Waals surface area contributed by atoms with Gasteiger partial charge in [0.15, 0.2) is 0 Å². The van der Waals surface area contributed by atoms with Gasteiger partial charge in [-0.2, -0.15) is 11.8 Å². The van der Waals surface area contributed by atoms with Gasteiger partial charge in [0.25, 0.3) is 0 Å². The number of hydrogen-bond acceptors (Lipinski definition) is 8. The second kappa shape index (κ2) is 15.5. The van der Waals surface area contributed by atoms with Gasteiger partial charge >= 0.3 is 12.1 Å². The first-order chi connectivity index (χ1) is 17.7. The lowest BCUT2D eigenvalue weighted by Crippen LogP contribution is -2.55. The molecule has 3 amide bonds. The molecule has 214 valence electrons. The van der Waals surface area contributed by atoms with Crippen LogP contribution in [0.25, 0.3) is 0 Å². The van der Waals surface area contributed by atoms with Gasteiger partial charge < -0.3 is 30.1 Å². The molecule has 0 aliphatic rings. The molecule has 0 bridgehead atoms. The number of aromatic hydroxyl groups is 1. The van der Waals surface area contributed by atoms with E-state index in [1.165, 1.54) is 22.7 Å². The maximum absolute atomic E-state index is 14.0. The Kier molecular flexibility index (Phi) is 13.5. The van der Waals surface area contributed by atoms with Crippen molar-refractivity contribution in [3.05, 3.63) is 29.3 Å². The van der Waals surface area contributed by atoms with Gasteiger partial charge in [-0.3, -0.25) is 14.4 Å². The normalized spacial score (nSPS) is 12.9. The lowest BCUT2D eigenvalue weighted by atomic mass is 9.98. The highest BCUT2D eigenvalue weighted by Crippen LogP contribution is 2.29. The van der Waals surface area contributed by atoms with Gasteiger partial charge in [0.2, 0.25) is 11.8 Å². The quantitative estimate of drug-likeness (QED) is 0.315. The third-order valence-electron chi connectivity index (χ3n) is 5.41. The molecule has 11 heteroatoms. The molecule has 0 aromatic heterocycles. The first-order valence-electron chi connectivity index (χ1n) is 12.7. The van der Waals surface area contributed by atoms with Crippen molar-refractivity contribution in [3.63, 3.8) is 0 Å². The van der Waals surface area contributed by atoms with Crippen LogP contribution >= 0.6 is 11.8 Å². The number of nitrogens with zero attached hydrogens (tertiary/aromatic N) is 1. The summed E-state index contributed by atoms with van der Waals surface area (Å²) in [6.45, 7) is 12.4. The molecular formula is C27H43N3O7S. The average molecular weight is 554 g/mol. The van der Waals surface area contributed by atoms with Crippen molar-refractivity contribution >= 4 is 35.6 Å². The smallest absolute Gasteiger partial charge is 0.408 e. The van der Waals surface area contributed by atoms with E-state index in [4.69, 9.17) is 9.47 Å². The van der Waals surface area contributed by atoms with E-state index >= 15 is 0 Å². The van der Waals surface area contributed by atoms with Crippen LogP contribution in [0.1, 0.15) is 71.6 Å². The molecule has 0 aliphatic heterocycles. The number of benzene rings is 1. The number of phenolic OH excluding ortho intramolecular Hbond substituents is 1. The van der Waals surface area contributed by atoms with E-state index in [0.29, 0.717) is 23.3 Å². The summed E-state index contributed by atoms with van der Waals surface area (Å²) in [5.41, 5.74) is 0.269. The highest BCUT2D eigenvalue weighted by atomic mass is 32.2. The van der Waals surface area contributed by atoms with E-state index in [1.54, 1.807) is 60.6 Å². The largest absolute Gasteiger partial charge is 0.508 e. The summed E-state index contributed by atoms with van der Waals surface area (Å²) in [7, 11) is 0. The van der Waals surface area contributed by atoms with Crippen molar-refractivity contribution in [1.29, 1.82) is 0 Å². The van der Waals surface area contributed by atoms with Gasteiger partial charge in [-0.1, -0.05) is 6.07 Å². The van der Waals surface area contributed by atoms with Crippen LogP contribution in [0.15, 0.2) is 18.2 Å². The lowest BCUT2D eigenvalue weighted by molar-refractivity contribution is -0.145. The van der Waals surface area contributed by atoms with E-state index < -0.39 is 47.6 Å². The molecule has 0 saturated heterocycles. The van der Waals surface area contributed by atoms with Crippen LogP contribution in [0.4, 0.5) is 4.79 Å². The van der Waals surface area contributed by atoms with E-state index in [0.717, 1.165) is 0 Å². The van der Waals surface area contributed by atoms with Crippen molar-refractivity contribution in [2.24, 2.45) is 0 Å². The second-order valence-corrected chi connectivity index (χ2v) is 11.1. The fourth-order valence-corrected chi connectivity index (χ4v) is 4.18. The molecule has 10 nitrogen and oxygen atoms in total. The fourth-order valence-electron chi connectivity index (χ4n) is 3.71. The monoisotopic (exact) mass is 553 g/mol. The van der Waals surface area contributed by atoms with Crippen molar-refractivity contribution in [1.82, 2.24) is 15.5 Å². The summed E-state index contributed by atoms with van der Waals surface area (Å²) in [6, 6.07) is 2.24. The number of carbonyl (C=O) groups is 4. The van der Waals surface area contributed by atoms with Crippen LogP contribution in [0, 0.1) is 6.92 Å². The van der Waals surface area contributed by atoms with Crippen LogP contribution in [-0.2, 0) is 23.9 Å². The number of rotatable bonds is 13. The van der Waals surface area contributed by atoms with Crippen molar-refractivity contribution < 1.29 is 33.8 Å². The van der Waals surface area contributed by atoms with Crippen LogP contribution in [-0.4, -0.2) is 76.7 Å². The highest BCUT2D eigenvalue weighted by Gasteiger charge is 2.37. The standard InChI is InChI=1S/C27H43N3O7S/c1-9-36-22(32)12-14-28-24(33)23(19-10-11-21(31)18(4)16-19)30(17(2)3)25(34)20(13-15-38-8)29-26(35)37-27(5,6)7/h10-11,16-17,20,23,31H,9,12-15H2,1-8H3,(H,28,33)(H,29,35). The Morgan fingerprint density at radius 2 is 1.82 bits per heavy atom. The van der Waals surface area contributed by atoms with Crippen molar-refractivity contribution in [2.45, 2.75) is 85.0 Å². The van der Waals surface area contributed by atoms with Crippen LogP contribution in [0.5, 0.6) is 5.75 Å². The molecule has 3 N–H and O–H groups in total. The zero-order valence-corrected chi connectivity index (χ0v) is 24.6. The van der Waals surface area contributed by atoms with Gasteiger partial charge in [0.1, 0.15) is 23.4 Å². The van der Waals surface area contributed by atoms with E-state index in [-0.39, 0.29) is 25.3 Å². The number of alkyl carbamates (subject to hydrolysis) is 1. The predicted octanol–water partition coefficient (Wildman–Crippen LogP) is 3.69. The number of aryl methyl sites for hydroxylation is 1. The summed E-state index contributed by atoms with van der Waals surface area (Å²) in [5.74, 6) is -0.742. The third kappa shape index (κ3) is 10.8. The number of nitrogens with one attached hydrogen (secondary N) is 2. The summed E-state index contributed by atoms with van der Waals surface area (Å²) < 4.78 is 10.3. The molecule has 38 heavy (non-hydrogen) atoms. The molecule has 0 saturated carbocycles. The number of amides is 3. The van der Waals surface area contributed by atoms with Crippen molar-refractivity contribution in [3.8, 4) is 5.75 Å². The minimum atomic E-state index is -1.08. The number of thioether (sulfide) groups is 1. The minimum absolute atomic E-state index is 0.0208. The first-order valence-corrected chi connectivity index (χ1v) is 14.1. The molecule has 2 atom stereocenters. The predicted molar refractivity (Wildman–Crippen MR) is 148 cm³/mol. The first kappa shape index (κ1) is 33.1. The molecule has 0 aliphatic carbocycles. The maximum Gasteiger partial charge on any atom is 0.408 e. The van der Waals surface area contributed by atoms with Gasteiger partial charge in [0.05, 0.1) is 13.0 Å². The molecule has 1 aromatic rings. The van der Waals surface area contributed by atoms with Gasteiger partial charge in [-0.05, 0) is 90.2 Å². The number of esters is 1. The lowest BCUT2D eigenvalue weighted by Gasteiger charge is -2.37. The van der Waals surface area contributed by atoms with Crippen molar-refractivity contribution in [2.75, 3.05) is 25.2 Å². The zero-order chi connectivity index (χ0) is 29.0. The zero-order valence-electron chi connectivity index (χ0n) is 23.8. The Morgan fingerprint density at radius 3 is 2.34 bits per heavy atom. The maximum atomic E-state index is 14.0. The molecule has 0 spiro atoms. The van der Waals surface area contributed by atoms with E-state index in [1.807, 2.05) is 6.26 Å². The van der Waals surface area contributed by atoms with Crippen LogP contribution in [0.3, 0.4) is 0 Å². The summed E-state index contributed by atoms with van der Waals surface area (Å²) in [4.78, 5) is 53.3. The number of hydrogen-bond donors (Lipinski definition) is 3. The highest BCUT2D eigenvalue weighted by molar-refractivity contribution is 7.98. The van der Waals surface area contributed by atoms with Crippen LogP contribution < -0.4 is 10.6 Å². The Hall–Kier alpha value is -2.95. The molecule has 2 unspecified atom stereocenters. The molecule has 0 radical (unpaired) electrons. The van der Waals surface area contributed by atoms with Gasteiger partial charge in [0, 0.05) is 12.6 Å². The molecular weight excluding hydrogens is 510 g/mol.